The zero-order valence-corrected chi connectivity index (χ0v) is 13.9. The molecule has 3 rings (SSSR count). The van der Waals surface area contributed by atoms with Crippen LogP contribution >= 0.6 is 0 Å². The van der Waals surface area contributed by atoms with E-state index in [4.69, 9.17) is 4.42 Å². The predicted molar refractivity (Wildman–Crippen MR) is 90.5 cm³/mol. The molecule has 23 heavy (non-hydrogen) atoms. The molecule has 2 fully saturated rings. The van der Waals surface area contributed by atoms with E-state index in [1.807, 2.05) is 0 Å². The van der Waals surface area contributed by atoms with Gasteiger partial charge in [-0.15, -0.1) is 0 Å². The van der Waals surface area contributed by atoms with Crippen molar-refractivity contribution in [1.82, 2.24) is 15.5 Å². The number of carbonyl (C=O) groups excluding carboxylic acids is 1. The van der Waals surface area contributed by atoms with Gasteiger partial charge in [0, 0.05) is 25.2 Å². The molecule has 2 heterocycles. The third-order valence-corrected chi connectivity index (χ3v) is 5.21. The van der Waals surface area contributed by atoms with E-state index in [1.165, 1.54) is 64.3 Å². The highest BCUT2D eigenvalue weighted by Gasteiger charge is 2.25. The number of carbonyl (C=O) groups is 1. The second kappa shape index (κ2) is 8.50. The fourth-order valence-electron chi connectivity index (χ4n) is 3.86. The largest absolute Gasteiger partial charge is 0.459 e. The maximum absolute atomic E-state index is 11.7. The average Bonchev–Trinajstić information content (AvgIpc) is 3.15. The molecule has 0 aromatic carbocycles. The van der Waals surface area contributed by atoms with Crippen LogP contribution in [0.4, 0.5) is 0 Å². The summed E-state index contributed by atoms with van der Waals surface area (Å²) in [7, 11) is 0. The first kappa shape index (κ1) is 16.5. The van der Waals surface area contributed by atoms with Gasteiger partial charge >= 0.3 is 0 Å². The van der Waals surface area contributed by atoms with Crippen molar-refractivity contribution in [2.75, 3.05) is 26.2 Å². The molecule has 1 saturated heterocycles. The third kappa shape index (κ3) is 4.82. The van der Waals surface area contributed by atoms with Crippen molar-refractivity contribution in [3.05, 3.63) is 24.2 Å². The van der Waals surface area contributed by atoms with Gasteiger partial charge in [0.15, 0.2) is 5.76 Å². The first-order valence-corrected chi connectivity index (χ1v) is 9.12. The van der Waals surface area contributed by atoms with Crippen molar-refractivity contribution in [2.24, 2.45) is 0 Å². The summed E-state index contributed by atoms with van der Waals surface area (Å²) in [6, 6.07) is 4.85. The lowest BCUT2D eigenvalue weighted by atomic mass is 9.92. The Balaban J connectivity index is 1.28. The van der Waals surface area contributed by atoms with Crippen LogP contribution in [0.25, 0.3) is 0 Å². The Morgan fingerprint density at radius 3 is 2.61 bits per heavy atom. The Morgan fingerprint density at radius 2 is 1.91 bits per heavy atom. The summed E-state index contributed by atoms with van der Waals surface area (Å²) in [5.74, 6) is 0.245. The van der Waals surface area contributed by atoms with E-state index in [0.29, 0.717) is 18.3 Å². The average molecular weight is 319 g/mol. The van der Waals surface area contributed by atoms with Crippen molar-refractivity contribution >= 4 is 5.91 Å². The standard InChI is InChI=1S/C18H29N3O2/c22-18(17-7-4-14-23-17)20-11-10-19-15-8-12-21(13-9-15)16-5-2-1-3-6-16/h4,7,14-16,19H,1-3,5-6,8-13H2,(H,20,22). The molecule has 1 saturated carbocycles. The zero-order valence-electron chi connectivity index (χ0n) is 13.9. The minimum Gasteiger partial charge on any atom is -0.459 e. The summed E-state index contributed by atoms with van der Waals surface area (Å²) < 4.78 is 5.07. The molecular formula is C18H29N3O2. The summed E-state index contributed by atoms with van der Waals surface area (Å²) >= 11 is 0. The van der Waals surface area contributed by atoms with Gasteiger partial charge < -0.3 is 20.0 Å². The number of hydrogen-bond acceptors (Lipinski definition) is 4. The fourth-order valence-corrected chi connectivity index (χ4v) is 3.86. The summed E-state index contributed by atoms with van der Waals surface area (Å²) in [4.78, 5) is 14.4. The minimum absolute atomic E-state index is 0.135. The van der Waals surface area contributed by atoms with Gasteiger partial charge in [-0.25, -0.2) is 0 Å². The molecule has 2 aliphatic rings. The lowest BCUT2D eigenvalue weighted by Gasteiger charge is -2.39. The number of nitrogens with one attached hydrogen (secondary N) is 2. The first-order valence-electron chi connectivity index (χ1n) is 9.12. The maximum atomic E-state index is 11.7. The predicted octanol–water partition coefficient (Wildman–Crippen LogP) is 2.40. The second-order valence-electron chi connectivity index (χ2n) is 6.79. The Labute approximate surface area is 138 Å². The van der Waals surface area contributed by atoms with Crippen LogP contribution < -0.4 is 10.6 Å². The number of nitrogens with zero attached hydrogens (tertiary/aromatic N) is 1. The number of likely N-dealkylation sites (tertiary alicyclic amines) is 1. The van der Waals surface area contributed by atoms with Gasteiger partial charge in [-0.1, -0.05) is 19.3 Å². The molecule has 1 aromatic rings. The summed E-state index contributed by atoms with van der Waals surface area (Å²) in [5.41, 5.74) is 0. The topological polar surface area (TPSA) is 57.5 Å². The van der Waals surface area contributed by atoms with Crippen LogP contribution in [0.1, 0.15) is 55.5 Å². The molecule has 1 aliphatic heterocycles. The van der Waals surface area contributed by atoms with Crippen molar-refractivity contribution in [1.29, 1.82) is 0 Å². The summed E-state index contributed by atoms with van der Waals surface area (Å²) in [6.07, 6.45) is 11.0. The molecule has 1 aromatic heterocycles. The molecule has 0 bridgehead atoms. The molecule has 5 heteroatoms. The minimum atomic E-state index is -0.135. The van der Waals surface area contributed by atoms with Gasteiger partial charge in [0.2, 0.25) is 0 Å². The van der Waals surface area contributed by atoms with Crippen LogP contribution in [-0.4, -0.2) is 49.1 Å². The quantitative estimate of drug-likeness (QED) is 0.791. The van der Waals surface area contributed by atoms with Crippen LogP contribution in [0.2, 0.25) is 0 Å². The van der Waals surface area contributed by atoms with E-state index in [2.05, 4.69) is 15.5 Å². The van der Waals surface area contributed by atoms with Crippen molar-refractivity contribution in [3.8, 4) is 0 Å². The molecule has 128 valence electrons. The zero-order chi connectivity index (χ0) is 15.9. The summed E-state index contributed by atoms with van der Waals surface area (Å²) in [6.45, 7) is 3.91. The van der Waals surface area contributed by atoms with E-state index >= 15 is 0 Å². The number of furan rings is 1. The molecule has 0 spiro atoms. The van der Waals surface area contributed by atoms with Gasteiger partial charge in [0.1, 0.15) is 0 Å². The SMILES string of the molecule is O=C(NCCNC1CCN(C2CCCCC2)CC1)c1ccco1. The lowest BCUT2D eigenvalue weighted by molar-refractivity contribution is 0.0923. The van der Waals surface area contributed by atoms with Crippen molar-refractivity contribution in [3.63, 3.8) is 0 Å². The molecule has 1 aliphatic carbocycles. The molecular weight excluding hydrogens is 290 g/mol. The van der Waals surface area contributed by atoms with Crippen LogP contribution in [0.3, 0.4) is 0 Å². The summed E-state index contributed by atoms with van der Waals surface area (Å²) in [5, 5.41) is 6.45. The van der Waals surface area contributed by atoms with Crippen molar-refractivity contribution in [2.45, 2.75) is 57.0 Å². The Hall–Kier alpha value is -1.33. The first-order chi connectivity index (χ1) is 11.3. The van der Waals surface area contributed by atoms with E-state index in [9.17, 15) is 4.79 Å². The van der Waals surface area contributed by atoms with Gasteiger partial charge in [-0.3, -0.25) is 4.79 Å². The third-order valence-electron chi connectivity index (χ3n) is 5.21. The highest BCUT2D eigenvalue weighted by Crippen LogP contribution is 2.25. The Morgan fingerprint density at radius 1 is 1.13 bits per heavy atom. The highest BCUT2D eigenvalue weighted by molar-refractivity contribution is 5.91. The number of rotatable bonds is 6. The van der Waals surface area contributed by atoms with Gasteiger partial charge in [0.05, 0.1) is 6.26 Å². The molecule has 0 unspecified atom stereocenters. The van der Waals surface area contributed by atoms with E-state index in [0.717, 1.165) is 12.6 Å². The Kier molecular flexibility index (Phi) is 6.11. The molecule has 0 atom stereocenters. The Bertz CT molecular complexity index is 461. The van der Waals surface area contributed by atoms with Crippen LogP contribution in [0.15, 0.2) is 22.8 Å². The van der Waals surface area contributed by atoms with Gasteiger partial charge in [-0.05, 0) is 50.9 Å². The number of hydrogen-bond donors (Lipinski definition) is 2. The monoisotopic (exact) mass is 319 g/mol. The number of piperidine rings is 1. The highest BCUT2D eigenvalue weighted by atomic mass is 16.3. The van der Waals surface area contributed by atoms with Crippen LogP contribution in [0, 0.1) is 0 Å². The van der Waals surface area contributed by atoms with E-state index in [1.54, 1.807) is 12.1 Å². The van der Waals surface area contributed by atoms with Crippen molar-refractivity contribution < 1.29 is 9.21 Å². The lowest BCUT2D eigenvalue weighted by Crippen LogP contribution is -2.48. The normalized spacial score (nSPS) is 21.4. The fraction of sp³-hybridized carbons (Fsp3) is 0.722. The maximum Gasteiger partial charge on any atom is 0.287 e. The van der Waals surface area contributed by atoms with Crippen LogP contribution in [0.5, 0.6) is 0 Å². The molecule has 5 nitrogen and oxygen atoms in total. The number of amides is 1. The molecule has 1 amide bonds. The van der Waals surface area contributed by atoms with Gasteiger partial charge in [-0.2, -0.15) is 0 Å². The second-order valence-corrected chi connectivity index (χ2v) is 6.79. The molecule has 2 N–H and O–H groups in total. The van der Waals surface area contributed by atoms with E-state index in [-0.39, 0.29) is 5.91 Å². The smallest absolute Gasteiger partial charge is 0.287 e. The van der Waals surface area contributed by atoms with Gasteiger partial charge in [0.25, 0.3) is 5.91 Å². The molecule has 0 radical (unpaired) electrons. The van der Waals surface area contributed by atoms with Crippen LogP contribution in [-0.2, 0) is 0 Å². The van der Waals surface area contributed by atoms with E-state index < -0.39 is 0 Å².